The number of rotatable bonds is 33. The smallest absolute Gasteiger partial charge is 0.299 e. The van der Waals surface area contributed by atoms with Gasteiger partial charge < -0.3 is 69.9 Å². The summed E-state index contributed by atoms with van der Waals surface area (Å²) < 4.78 is 0. The van der Waals surface area contributed by atoms with Gasteiger partial charge in [0.05, 0.1) is 34.7 Å². The molecule has 26 heteroatoms. The fourth-order valence-corrected chi connectivity index (χ4v) is 7.39. The van der Waals surface area contributed by atoms with Crippen LogP contribution < -0.4 is 59.7 Å². The molecule has 0 heterocycles. The number of para-hydroxylation sites is 1. The lowest BCUT2D eigenvalue weighted by atomic mass is 9.96. The van der Waals surface area contributed by atoms with Crippen LogP contribution in [0.2, 0.25) is 0 Å². The standard InChI is InChI=1S/C48H69N13O13/c1-3-29(2)41(59-42(64)32-15-7-8-16-33(32)51)48(70)55-36(18-10-12-22-50)44(66)54-35(17-9-11-21-49)45(67)57-39(28-63)47(69)58-38(27-62)46(68)56-37(25-30-13-5-4-6-14-30)43(65)53-24-23-52-34-20-19-31(60(71)72)26-40(34)61(73)74/h4-8,13-16,19-20,26,29,35-39,41,52,62-63H,3,9-12,17-18,21-25,27-28,49-51H2,1-2H3,(H,53,65)(H,54,66)(H,55,70)(H,56,68)(H,57,67)(H,58,69)(H,59,64). The van der Waals surface area contributed by atoms with Gasteiger partial charge in [0.2, 0.25) is 35.4 Å². The fourth-order valence-electron chi connectivity index (χ4n) is 7.39. The minimum absolute atomic E-state index is 0.00161. The number of nitrogens with two attached hydrogens (primary N) is 3. The van der Waals surface area contributed by atoms with Gasteiger partial charge in [-0.2, -0.15) is 0 Å². The van der Waals surface area contributed by atoms with Crippen LogP contribution in [0.4, 0.5) is 22.7 Å². The van der Waals surface area contributed by atoms with E-state index in [2.05, 4.69) is 42.5 Å². The monoisotopic (exact) mass is 1040 g/mol. The maximum atomic E-state index is 14.0. The van der Waals surface area contributed by atoms with E-state index in [1.807, 2.05) is 6.92 Å². The molecule has 3 aromatic rings. The molecule has 7 amide bonds. The number of hydrogen-bond donors (Lipinski definition) is 13. The van der Waals surface area contributed by atoms with E-state index < -0.39 is 118 Å². The predicted molar refractivity (Wildman–Crippen MR) is 273 cm³/mol. The van der Waals surface area contributed by atoms with Crippen molar-refractivity contribution in [2.24, 2.45) is 17.4 Å². The van der Waals surface area contributed by atoms with Crippen molar-refractivity contribution < 1.29 is 53.6 Å². The van der Waals surface area contributed by atoms with E-state index in [9.17, 15) is 64.0 Å². The number of nitrogens with zero attached hydrogens (tertiary/aromatic N) is 2. The van der Waals surface area contributed by atoms with Crippen LogP contribution in [0.25, 0.3) is 0 Å². The summed E-state index contributed by atoms with van der Waals surface area (Å²) in [5.41, 5.74) is 17.3. The molecule has 3 rings (SSSR count). The third-order valence-corrected chi connectivity index (χ3v) is 11.8. The number of nitrogen functional groups attached to an aromatic ring is 1. The van der Waals surface area contributed by atoms with Crippen LogP contribution in [-0.4, -0.2) is 137 Å². The van der Waals surface area contributed by atoms with Gasteiger partial charge in [-0.1, -0.05) is 62.7 Å². The van der Waals surface area contributed by atoms with Gasteiger partial charge in [0.1, 0.15) is 41.9 Å². The Labute approximate surface area is 427 Å². The Morgan fingerprint density at radius 3 is 1.64 bits per heavy atom. The third-order valence-electron chi connectivity index (χ3n) is 11.8. The first kappa shape index (κ1) is 60.5. The number of aliphatic hydroxyl groups is 2. The first-order valence-electron chi connectivity index (χ1n) is 24.2. The molecule has 26 nitrogen and oxygen atoms in total. The van der Waals surface area contributed by atoms with Crippen molar-refractivity contribution >= 4 is 64.1 Å². The van der Waals surface area contributed by atoms with E-state index >= 15 is 0 Å². The highest BCUT2D eigenvalue weighted by Crippen LogP contribution is 2.28. The molecule has 0 aliphatic carbocycles. The van der Waals surface area contributed by atoms with Crippen LogP contribution in [0, 0.1) is 26.1 Å². The van der Waals surface area contributed by atoms with Gasteiger partial charge in [-0.25, -0.2) is 0 Å². The molecule has 74 heavy (non-hydrogen) atoms. The van der Waals surface area contributed by atoms with Crippen molar-refractivity contribution in [3.63, 3.8) is 0 Å². The third kappa shape index (κ3) is 19.3. The Bertz CT molecular complexity index is 2380. The molecule has 0 radical (unpaired) electrons. The van der Waals surface area contributed by atoms with E-state index in [4.69, 9.17) is 17.2 Å². The normalized spacial score (nSPS) is 13.8. The summed E-state index contributed by atoms with van der Waals surface area (Å²) in [6, 6.07) is 9.37. The van der Waals surface area contributed by atoms with Crippen molar-refractivity contribution in [1.82, 2.24) is 37.2 Å². The van der Waals surface area contributed by atoms with Crippen molar-refractivity contribution in [1.29, 1.82) is 0 Å². The van der Waals surface area contributed by atoms with E-state index in [0.29, 0.717) is 37.7 Å². The average molecular weight is 1040 g/mol. The van der Waals surface area contributed by atoms with Crippen molar-refractivity contribution in [3.05, 3.63) is 104 Å². The van der Waals surface area contributed by atoms with Crippen LogP contribution in [0.3, 0.4) is 0 Å². The maximum Gasteiger partial charge on any atom is 0.299 e. The number of nitro groups is 2. The Morgan fingerprint density at radius 1 is 0.608 bits per heavy atom. The molecule has 0 bridgehead atoms. The van der Waals surface area contributed by atoms with Crippen LogP contribution in [0.5, 0.6) is 0 Å². The molecule has 7 atom stereocenters. The lowest BCUT2D eigenvalue weighted by Gasteiger charge is -2.28. The number of hydrogen-bond acceptors (Lipinski definition) is 17. The minimum atomic E-state index is -1.74. The molecular formula is C48H69N13O13. The summed E-state index contributed by atoms with van der Waals surface area (Å²) in [5, 5.41) is 63.8. The fraction of sp³-hybridized carbons (Fsp3) is 0.479. The number of nitrogens with one attached hydrogen (secondary N) is 8. The second-order valence-electron chi connectivity index (χ2n) is 17.3. The van der Waals surface area contributed by atoms with Gasteiger partial charge in [-0.15, -0.1) is 0 Å². The van der Waals surface area contributed by atoms with Gasteiger partial charge in [0, 0.05) is 31.3 Å². The summed E-state index contributed by atoms with van der Waals surface area (Å²) in [4.78, 5) is 117. The lowest BCUT2D eigenvalue weighted by Crippen LogP contribution is -2.61. The molecule has 0 aliphatic heterocycles. The first-order valence-corrected chi connectivity index (χ1v) is 24.2. The van der Waals surface area contributed by atoms with Gasteiger partial charge >= 0.3 is 0 Å². The van der Waals surface area contributed by atoms with E-state index in [-0.39, 0.29) is 62.4 Å². The number of carbonyl (C=O) groups excluding carboxylic acids is 7. The average Bonchev–Trinajstić information content (AvgIpc) is 3.38. The zero-order valence-electron chi connectivity index (χ0n) is 41.4. The number of amides is 7. The summed E-state index contributed by atoms with van der Waals surface area (Å²) in [7, 11) is 0. The summed E-state index contributed by atoms with van der Waals surface area (Å²) in [6.45, 7) is 1.86. The SMILES string of the molecule is CCC(C)C(NC(=O)c1ccccc1N)C(=O)NC(CCCCN)C(=O)NC(CCCCN)C(=O)NC(CO)C(=O)NC(CO)C(=O)NC(Cc1ccccc1)C(=O)NCCNc1ccc([N+](=O)[O-])cc1[N+](=O)[O-]. The number of nitro benzene ring substituents is 2. The van der Waals surface area contributed by atoms with E-state index in [1.165, 1.54) is 6.07 Å². The largest absolute Gasteiger partial charge is 0.398 e. The Hall–Kier alpha value is -7.81. The number of non-ortho nitro benzene ring substituents is 1. The minimum Gasteiger partial charge on any atom is -0.398 e. The number of unbranched alkanes of at least 4 members (excludes halogenated alkanes) is 2. The topological polar surface area (TPSA) is 421 Å². The van der Waals surface area contributed by atoms with Gasteiger partial charge in [-0.05, 0) is 81.3 Å². The molecule has 0 spiro atoms. The Balaban J connectivity index is 1.74. The highest BCUT2D eigenvalue weighted by molar-refractivity contribution is 6.02. The van der Waals surface area contributed by atoms with E-state index in [0.717, 1.165) is 18.2 Å². The van der Waals surface area contributed by atoms with Crippen LogP contribution in [-0.2, 0) is 35.2 Å². The molecule has 16 N–H and O–H groups in total. The molecule has 0 saturated heterocycles. The lowest BCUT2D eigenvalue weighted by molar-refractivity contribution is -0.393. The first-order chi connectivity index (χ1) is 35.4. The van der Waals surface area contributed by atoms with Gasteiger partial charge in [0.15, 0.2) is 0 Å². The predicted octanol–water partition coefficient (Wildman–Crippen LogP) is -0.633. The number of carbonyl (C=O) groups is 7. The molecule has 7 unspecified atom stereocenters. The van der Waals surface area contributed by atoms with Crippen LogP contribution in [0.15, 0.2) is 72.8 Å². The van der Waals surface area contributed by atoms with Crippen molar-refractivity contribution in [3.8, 4) is 0 Å². The highest BCUT2D eigenvalue weighted by Gasteiger charge is 2.34. The second kappa shape index (κ2) is 31.6. The molecule has 404 valence electrons. The summed E-state index contributed by atoms with van der Waals surface area (Å²) in [6.07, 6.45) is 2.12. The quantitative estimate of drug-likeness (QED) is 0.0156. The Morgan fingerprint density at radius 2 is 1.12 bits per heavy atom. The second-order valence-corrected chi connectivity index (χ2v) is 17.3. The molecule has 0 aromatic heterocycles. The zero-order valence-corrected chi connectivity index (χ0v) is 41.4. The molecule has 3 aromatic carbocycles. The summed E-state index contributed by atoms with van der Waals surface area (Å²) in [5.74, 6) is -6.26. The van der Waals surface area contributed by atoms with Crippen LogP contribution in [0.1, 0.15) is 74.7 Å². The summed E-state index contributed by atoms with van der Waals surface area (Å²) >= 11 is 0. The number of anilines is 2. The van der Waals surface area contributed by atoms with Gasteiger partial charge in [-0.3, -0.25) is 53.8 Å². The highest BCUT2D eigenvalue weighted by atomic mass is 16.6. The maximum absolute atomic E-state index is 14.0. The van der Waals surface area contributed by atoms with Crippen molar-refractivity contribution in [2.45, 2.75) is 101 Å². The Kier molecular flexibility index (Phi) is 25.8. The van der Waals surface area contributed by atoms with E-state index in [1.54, 1.807) is 55.5 Å². The number of aliphatic hydroxyl groups excluding tert-OH is 2. The van der Waals surface area contributed by atoms with Gasteiger partial charge in [0.25, 0.3) is 17.3 Å². The molecule has 0 aliphatic rings. The van der Waals surface area contributed by atoms with Crippen LogP contribution >= 0.6 is 0 Å². The number of benzene rings is 3. The van der Waals surface area contributed by atoms with Crippen molar-refractivity contribution in [2.75, 3.05) is 50.4 Å². The molecular weight excluding hydrogens is 967 g/mol. The molecule has 0 saturated carbocycles. The molecule has 0 fully saturated rings. The zero-order chi connectivity index (χ0) is 54.7.